The minimum absolute atomic E-state index is 0.00690. The molecule has 3 nitrogen and oxygen atoms in total. The molecular weight excluding hydrogens is 269 g/mol. The average molecular weight is 286 g/mol. The molecule has 0 saturated heterocycles. The van der Waals surface area contributed by atoms with E-state index in [1.807, 2.05) is 0 Å². The molecule has 2 unspecified atom stereocenters. The third kappa shape index (κ3) is 3.66. The monoisotopic (exact) mass is 285 g/mol. The van der Waals surface area contributed by atoms with Gasteiger partial charge in [0.25, 0.3) is 0 Å². The topological polar surface area (TPSA) is 39.2 Å². The fraction of sp³-hybridized carbons (Fsp3) is 0.571. The lowest BCUT2D eigenvalue weighted by Gasteiger charge is -2.31. The van der Waals surface area contributed by atoms with Gasteiger partial charge in [-0.05, 0) is 37.2 Å². The Labute approximate surface area is 117 Å². The summed E-state index contributed by atoms with van der Waals surface area (Å²) in [7, 11) is 0. The van der Waals surface area contributed by atoms with Gasteiger partial charge >= 0.3 is 5.97 Å². The van der Waals surface area contributed by atoms with E-state index in [0.717, 1.165) is 31.5 Å². The molecule has 0 aliphatic heterocycles. The minimum Gasteiger partial charge on any atom is -0.459 e. The summed E-state index contributed by atoms with van der Waals surface area (Å²) in [6.07, 6.45) is 3.69. The molecule has 1 fully saturated rings. The molecule has 1 aromatic rings. The van der Waals surface area contributed by atoms with Gasteiger partial charge in [0.05, 0.1) is 11.8 Å². The van der Waals surface area contributed by atoms with Gasteiger partial charge in [0.1, 0.15) is 17.1 Å². The van der Waals surface area contributed by atoms with Crippen molar-refractivity contribution in [1.82, 2.24) is 4.98 Å². The van der Waals surface area contributed by atoms with Gasteiger partial charge in [-0.1, -0.05) is 25.4 Å². The van der Waals surface area contributed by atoms with E-state index in [-0.39, 0.29) is 16.8 Å². The van der Waals surface area contributed by atoms with Crippen LogP contribution in [0.1, 0.15) is 43.5 Å². The van der Waals surface area contributed by atoms with Crippen LogP contribution >= 0.6 is 11.6 Å². The highest BCUT2D eigenvalue weighted by molar-refractivity contribution is 6.32. The van der Waals surface area contributed by atoms with Crippen molar-refractivity contribution in [2.75, 3.05) is 0 Å². The molecule has 0 amide bonds. The second-order valence-corrected chi connectivity index (χ2v) is 5.79. The number of ether oxygens (including phenoxy) is 1. The van der Waals surface area contributed by atoms with E-state index in [4.69, 9.17) is 16.3 Å². The van der Waals surface area contributed by atoms with Gasteiger partial charge in [-0.3, -0.25) is 0 Å². The molecule has 104 valence electrons. The number of hydrogen-bond acceptors (Lipinski definition) is 3. The van der Waals surface area contributed by atoms with Crippen LogP contribution in [-0.2, 0) is 4.74 Å². The van der Waals surface area contributed by atoms with E-state index in [2.05, 4.69) is 18.8 Å². The van der Waals surface area contributed by atoms with Crippen molar-refractivity contribution in [1.29, 1.82) is 0 Å². The Balaban J connectivity index is 2.06. The summed E-state index contributed by atoms with van der Waals surface area (Å²) in [6.45, 7) is 4.29. The lowest BCUT2D eigenvalue weighted by atomic mass is 9.82. The van der Waals surface area contributed by atoms with Crippen molar-refractivity contribution in [3.05, 3.63) is 28.8 Å². The molecule has 1 aromatic heterocycles. The van der Waals surface area contributed by atoms with Crippen LogP contribution in [0.3, 0.4) is 0 Å². The Morgan fingerprint density at radius 1 is 1.37 bits per heavy atom. The molecule has 2 atom stereocenters. The molecule has 0 N–H and O–H groups in total. The molecule has 19 heavy (non-hydrogen) atoms. The Hall–Kier alpha value is -1.16. The van der Waals surface area contributed by atoms with Crippen LogP contribution in [0.2, 0.25) is 5.15 Å². The number of nitrogens with zero attached hydrogens (tertiary/aromatic N) is 1. The zero-order chi connectivity index (χ0) is 14.0. The maximum Gasteiger partial charge on any atom is 0.341 e. The number of rotatable bonds is 2. The van der Waals surface area contributed by atoms with E-state index in [1.54, 1.807) is 0 Å². The van der Waals surface area contributed by atoms with E-state index >= 15 is 0 Å². The molecule has 0 bridgehead atoms. The number of aromatic nitrogens is 1. The summed E-state index contributed by atoms with van der Waals surface area (Å²) in [5.74, 6) is -0.129. The smallest absolute Gasteiger partial charge is 0.341 e. The molecule has 1 aliphatic rings. The summed E-state index contributed by atoms with van der Waals surface area (Å²) < 4.78 is 18.5. The first-order chi connectivity index (χ1) is 8.95. The van der Waals surface area contributed by atoms with Gasteiger partial charge in [-0.25, -0.2) is 14.2 Å². The van der Waals surface area contributed by atoms with Gasteiger partial charge in [0.15, 0.2) is 0 Å². The van der Waals surface area contributed by atoms with E-state index in [0.29, 0.717) is 11.8 Å². The maximum atomic E-state index is 13.1. The number of carbonyl (C=O) groups excluding carboxylic acids is 1. The van der Waals surface area contributed by atoms with Gasteiger partial charge < -0.3 is 4.74 Å². The lowest BCUT2D eigenvalue weighted by molar-refractivity contribution is 0.00799. The Morgan fingerprint density at radius 2 is 2.00 bits per heavy atom. The average Bonchev–Trinajstić information content (AvgIpc) is 2.30. The Bertz CT molecular complexity index is 471. The molecule has 0 aromatic carbocycles. The zero-order valence-corrected chi connectivity index (χ0v) is 11.8. The summed E-state index contributed by atoms with van der Waals surface area (Å²) >= 11 is 5.79. The highest BCUT2D eigenvalue weighted by Gasteiger charge is 2.27. The number of esters is 1. The second-order valence-electron chi connectivity index (χ2n) is 5.44. The summed E-state index contributed by atoms with van der Waals surface area (Å²) in [4.78, 5) is 15.6. The minimum atomic E-state index is -0.596. The first kappa shape index (κ1) is 14.3. The van der Waals surface area contributed by atoms with Crippen LogP contribution in [0.5, 0.6) is 0 Å². The van der Waals surface area contributed by atoms with Crippen LogP contribution in [0.4, 0.5) is 4.39 Å². The first-order valence-corrected chi connectivity index (χ1v) is 6.85. The normalized spacial score (nSPS) is 27.1. The molecule has 0 radical (unpaired) electrons. The highest BCUT2D eigenvalue weighted by atomic mass is 35.5. The molecule has 1 heterocycles. The van der Waals surface area contributed by atoms with Gasteiger partial charge in [0, 0.05) is 0 Å². The van der Waals surface area contributed by atoms with Crippen LogP contribution < -0.4 is 0 Å². The molecule has 5 heteroatoms. The van der Waals surface area contributed by atoms with Crippen LogP contribution in [0.25, 0.3) is 0 Å². The molecule has 2 rings (SSSR count). The van der Waals surface area contributed by atoms with Crippen LogP contribution in [0.15, 0.2) is 12.3 Å². The first-order valence-electron chi connectivity index (χ1n) is 6.47. The summed E-state index contributed by atoms with van der Waals surface area (Å²) in [6, 6.07) is 1.06. The Morgan fingerprint density at radius 3 is 2.63 bits per heavy atom. The zero-order valence-electron chi connectivity index (χ0n) is 11.0. The fourth-order valence-corrected chi connectivity index (χ4v) is 2.93. The van der Waals surface area contributed by atoms with E-state index in [1.165, 1.54) is 0 Å². The summed E-state index contributed by atoms with van der Waals surface area (Å²) in [5.41, 5.74) is -0.00690. The van der Waals surface area contributed by atoms with Crippen LogP contribution in [-0.4, -0.2) is 17.1 Å². The molecular formula is C14H17ClFNO2. The van der Waals surface area contributed by atoms with Crippen molar-refractivity contribution in [3.8, 4) is 0 Å². The predicted octanol–water partition coefficient (Wildman–Crippen LogP) is 3.86. The number of halogens is 2. The number of carbonyl (C=O) groups is 1. The van der Waals surface area contributed by atoms with Crippen LogP contribution in [0, 0.1) is 17.7 Å². The van der Waals surface area contributed by atoms with Crippen molar-refractivity contribution in [3.63, 3.8) is 0 Å². The third-order valence-corrected chi connectivity index (χ3v) is 3.74. The molecule has 1 aliphatic carbocycles. The SMILES string of the molecule is CC1CC(C)CC(OC(=O)c2cc(F)cnc2Cl)C1. The number of pyridine rings is 1. The largest absolute Gasteiger partial charge is 0.459 e. The molecule has 0 spiro atoms. The fourth-order valence-electron chi connectivity index (χ4n) is 2.75. The second kappa shape index (κ2) is 5.87. The summed E-state index contributed by atoms with van der Waals surface area (Å²) in [5, 5.41) is -0.0247. The number of hydrogen-bond donors (Lipinski definition) is 0. The van der Waals surface area contributed by atoms with Gasteiger partial charge in [0.2, 0.25) is 0 Å². The van der Waals surface area contributed by atoms with E-state index in [9.17, 15) is 9.18 Å². The highest BCUT2D eigenvalue weighted by Crippen LogP contribution is 2.31. The lowest BCUT2D eigenvalue weighted by Crippen LogP contribution is -2.28. The maximum absolute atomic E-state index is 13.1. The standard InChI is InChI=1S/C14H17ClFNO2/c1-8-3-9(2)5-11(4-8)19-14(18)12-6-10(16)7-17-13(12)15/h6-9,11H,3-5H2,1-2H3. The molecule has 1 saturated carbocycles. The van der Waals surface area contributed by atoms with Crippen molar-refractivity contribution >= 4 is 17.6 Å². The van der Waals surface area contributed by atoms with Crippen molar-refractivity contribution in [2.45, 2.75) is 39.2 Å². The van der Waals surface area contributed by atoms with Crippen molar-refractivity contribution < 1.29 is 13.9 Å². The van der Waals surface area contributed by atoms with Gasteiger partial charge in [-0.15, -0.1) is 0 Å². The quantitative estimate of drug-likeness (QED) is 0.612. The van der Waals surface area contributed by atoms with E-state index < -0.39 is 11.8 Å². The Kier molecular flexibility index (Phi) is 4.40. The third-order valence-electron chi connectivity index (χ3n) is 3.43. The van der Waals surface area contributed by atoms with Gasteiger partial charge in [-0.2, -0.15) is 0 Å². The predicted molar refractivity (Wildman–Crippen MR) is 70.6 cm³/mol. The van der Waals surface area contributed by atoms with Crippen molar-refractivity contribution in [2.24, 2.45) is 11.8 Å².